The van der Waals surface area contributed by atoms with Crippen molar-refractivity contribution in [3.05, 3.63) is 24.0 Å². The third-order valence-electron chi connectivity index (χ3n) is 6.24. The first-order chi connectivity index (χ1) is 15.1. The van der Waals surface area contributed by atoms with Gasteiger partial charge in [-0.3, -0.25) is 0 Å². The Balaban J connectivity index is 1.94. The van der Waals surface area contributed by atoms with E-state index in [2.05, 4.69) is 13.8 Å². The highest BCUT2D eigenvalue weighted by molar-refractivity contribution is 6.47. The van der Waals surface area contributed by atoms with Gasteiger partial charge in [0.05, 0.1) is 16.9 Å². The Morgan fingerprint density at radius 2 is 1.73 bits per heavy atom. The Morgan fingerprint density at radius 1 is 1.12 bits per heavy atom. The van der Waals surface area contributed by atoms with Crippen LogP contribution in [0.3, 0.4) is 0 Å². The molecule has 33 heavy (non-hydrogen) atoms. The Morgan fingerprint density at radius 3 is 2.24 bits per heavy atom. The Kier molecular flexibility index (Phi) is 8.85. The molecule has 1 aliphatic rings. The van der Waals surface area contributed by atoms with E-state index in [1.807, 2.05) is 39.5 Å². The van der Waals surface area contributed by atoms with Crippen molar-refractivity contribution >= 4 is 24.7 Å². The van der Waals surface area contributed by atoms with E-state index in [0.717, 1.165) is 6.42 Å². The van der Waals surface area contributed by atoms with Gasteiger partial charge in [-0.1, -0.05) is 25.4 Å². The Labute approximate surface area is 199 Å². The molecule has 1 saturated heterocycles. The summed E-state index contributed by atoms with van der Waals surface area (Å²) < 4.78 is 26.2. The van der Waals surface area contributed by atoms with E-state index in [1.54, 1.807) is 24.0 Å². The third-order valence-corrected chi connectivity index (χ3v) is 6.24. The third kappa shape index (κ3) is 7.88. The van der Waals surface area contributed by atoms with Crippen molar-refractivity contribution < 1.29 is 23.7 Å². The lowest BCUT2D eigenvalue weighted by molar-refractivity contribution is -0.109. The lowest BCUT2D eigenvalue weighted by Gasteiger charge is -2.41. The minimum atomic E-state index is -1.01. The van der Waals surface area contributed by atoms with Crippen LogP contribution in [0.2, 0.25) is 0 Å². The van der Waals surface area contributed by atoms with E-state index in [1.165, 1.54) is 13.5 Å². The Hall–Kier alpha value is -1.80. The number of benzene rings is 1. The predicted molar refractivity (Wildman–Crippen MR) is 132 cm³/mol. The fourth-order valence-electron chi connectivity index (χ4n) is 3.52. The monoisotopic (exact) mass is 463 g/mol. The summed E-state index contributed by atoms with van der Waals surface area (Å²) in [6.45, 7) is 17.3. The number of carbonyl (C=O) groups excluding carboxylic acids is 1. The highest BCUT2D eigenvalue weighted by Gasteiger charge is 2.39. The van der Waals surface area contributed by atoms with Gasteiger partial charge in [-0.2, -0.15) is 0 Å². The van der Waals surface area contributed by atoms with Gasteiger partial charge in [0.25, 0.3) is 0 Å². The topological polar surface area (TPSA) is 62.2 Å². The van der Waals surface area contributed by atoms with Gasteiger partial charge in [-0.15, -0.1) is 0 Å². The molecule has 0 spiro atoms. The summed E-state index contributed by atoms with van der Waals surface area (Å²) in [4.78, 5) is 15.8. The van der Waals surface area contributed by atoms with Crippen LogP contribution >= 0.6 is 0 Å². The van der Waals surface area contributed by atoms with Crippen molar-refractivity contribution in [2.24, 2.45) is 5.92 Å². The lowest BCUT2D eigenvalue weighted by atomic mass is 9.79. The number of halogens is 1. The second-order valence-electron chi connectivity index (χ2n) is 11.1. The molecule has 0 bridgehead atoms. The van der Waals surface area contributed by atoms with Crippen LogP contribution < -0.4 is 10.4 Å². The van der Waals surface area contributed by atoms with E-state index in [9.17, 15) is 14.3 Å². The van der Waals surface area contributed by atoms with E-state index in [-0.39, 0.29) is 11.9 Å². The number of rotatable bonds is 8. The average molecular weight is 463 g/mol. The Bertz CT molecular complexity index is 800. The maximum absolute atomic E-state index is 14.9. The molecule has 1 radical (unpaired) electrons. The zero-order valence-electron chi connectivity index (χ0n) is 21.6. The molecule has 1 fully saturated rings. The van der Waals surface area contributed by atoms with Gasteiger partial charge in [0.1, 0.15) is 11.4 Å². The number of hydrogen-bond acceptors (Lipinski definition) is 5. The van der Waals surface area contributed by atoms with Crippen molar-refractivity contribution in [1.82, 2.24) is 4.90 Å². The SMILES string of the molecule is CC(C)CCC(C)(O)C(C)(C)O[B]c1ccc(N2CCN(C(=O)OC(C)(C)C)CC2)c(F)c1. The van der Waals surface area contributed by atoms with Crippen molar-refractivity contribution in [2.75, 3.05) is 31.1 Å². The van der Waals surface area contributed by atoms with Gasteiger partial charge in [-0.05, 0) is 72.4 Å². The first-order valence-electron chi connectivity index (χ1n) is 11.9. The number of piperazine rings is 1. The molecule has 2 rings (SSSR count). The van der Waals surface area contributed by atoms with Gasteiger partial charge in [0.15, 0.2) is 0 Å². The zero-order chi connectivity index (χ0) is 25.0. The minimum Gasteiger partial charge on any atom is -0.444 e. The molecule has 0 aromatic heterocycles. The van der Waals surface area contributed by atoms with Crippen LogP contribution in [-0.2, 0) is 9.39 Å². The number of hydrogen-bond donors (Lipinski definition) is 1. The van der Waals surface area contributed by atoms with Crippen LogP contribution in [-0.4, -0.2) is 66.6 Å². The number of anilines is 1. The quantitative estimate of drug-likeness (QED) is 0.588. The van der Waals surface area contributed by atoms with Crippen LogP contribution in [0.15, 0.2) is 18.2 Å². The molecule has 6 nitrogen and oxygen atoms in total. The molecule has 1 aromatic rings. The summed E-state index contributed by atoms with van der Waals surface area (Å²) in [5.41, 5.74) is -1.28. The van der Waals surface area contributed by atoms with Gasteiger partial charge in [-0.25, -0.2) is 9.18 Å². The van der Waals surface area contributed by atoms with Crippen molar-refractivity contribution in [1.29, 1.82) is 0 Å². The van der Waals surface area contributed by atoms with Gasteiger partial charge in [0, 0.05) is 26.2 Å². The minimum absolute atomic E-state index is 0.336. The van der Waals surface area contributed by atoms with E-state index in [4.69, 9.17) is 9.39 Å². The highest BCUT2D eigenvalue weighted by Crippen LogP contribution is 2.31. The molecular formula is C25H41BFN2O4. The smallest absolute Gasteiger partial charge is 0.410 e. The zero-order valence-corrected chi connectivity index (χ0v) is 21.6. The molecular weight excluding hydrogens is 422 g/mol. The van der Waals surface area contributed by atoms with E-state index < -0.39 is 16.8 Å². The predicted octanol–water partition coefficient (Wildman–Crippen LogP) is 4.11. The van der Waals surface area contributed by atoms with Gasteiger partial charge < -0.3 is 24.3 Å². The molecule has 8 heteroatoms. The van der Waals surface area contributed by atoms with Crippen LogP contribution in [0.4, 0.5) is 14.9 Å². The summed E-state index contributed by atoms with van der Waals surface area (Å²) in [5.74, 6) is 0.145. The summed E-state index contributed by atoms with van der Waals surface area (Å²) in [6, 6.07) is 4.98. The van der Waals surface area contributed by atoms with Crippen LogP contribution in [0, 0.1) is 11.7 Å². The summed E-state index contributed by atoms with van der Waals surface area (Å²) in [5, 5.41) is 10.9. The van der Waals surface area contributed by atoms with Crippen molar-refractivity contribution in [3.8, 4) is 0 Å². The molecule has 1 unspecified atom stereocenters. The van der Waals surface area contributed by atoms with Crippen molar-refractivity contribution in [2.45, 2.75) is 85.0 Å². The molecule has 0 aliphatic carbocycles. The molecule has 1 atom stereocenters. The fourth-order valence-corrected chi connectivity index (χ4v) is 3.52. The van der Waals surface area contributed by atoms with E-state index in [0.29, 0.717) is 49.7 Å². The average Bonchev–Trinajstić information content (AvgIpc) is 2.70. The number of aliphatic hydroxyl groups is 1. The normalized spacial score (nSPS) is 17.2. The van der Waals surface area contributed by atoms with E-state index >= 15 is 0 Å². The maximum Gasteiger partial charge on any atom is 0.410 e. The molecule has 1 amide bonds. The standard InChI is InChI=1S/C25H41BFN2O4/c1-18(2)11-12-25(8,31)24(6,7)33-26-19-9-10-21(20(27)17-19)28-13-15-29(16-14-28)22(30)32-23(3,4)5/h9-10,17-18,31H,11-16H2,1-8H3. The molecule has 185 valence electrons. The molecule has 0 saturated carbocycles. The first kappa shape index (κ1) is 27.4. The van der Waals surface area contributed by atoms with Gasteiger partial charge in [0.2, 0.25) is 0 Å². The van der Waals surface area contributed by atoms with Crippen LogP contribution in [0.1, 0.15) is 68.2 Å². The summed E-state index contributed by atoms with van der Waals surface area (Å²) in [7, 11) is 1.51. The molecule has 1 aromatic carbocycles. The molecule has 1 heterocycles. The number of amides is 1. The van der Waals surface area contributed by atoms with Crippen LogP contribution in [0.5, 0.6) is 0 Å². The fraction of sp³-hybridized carbons (Fsp3) is 0.720. The summed E-state index contributed by atoms with van der Waals surface area (Å²) >= 11 is 0. The number of carbonyl (C=O) groups is 1. The largest absolute Gasteiger partial charge is 0.444 e. The number of nitrogens with zero attached hydrogens (tertiary/aromatic N) is 2. The second kappa shape index (κ2) is 10.6. The van der Waals surface area contributed by atoms with Gasteiger partial charge >= 0.3 is 13.6 Å². The maximum atomic E-state index is 14.9. The molecule has 1 aliphatic heterocycles. The first-order valence-corrected chi connectivity index (χ1v) is 11.9. The second-order valence-corrected chi connectivity index (χ2v) is 11.1. The summed E-state index contributed by atoms with van der Waals surface area (Å²) in [6.07, 6.45) is 1.18. The molecule has 1 N–H and O–H groups in total. The van der Waals surface area contributed by atoms with Crippen LogP contribution in [0.25, 0.3) is 0 Å². The lowest BCUT2D eigenvalue weighted by Crippen LogP contribution is -2.51. The number of ether oxygens (including phenoxy) is 1. The highest BCUT2D eigenvalue weighted by atomic mass is 19.1. The van der Waals surface area contributed by atoms with Crippen molar-refractivity contribution in [3.63, 3.8) is 0 Å².